The van der Waals surface area contributed by atoms with Gasteiger partial charge in [0, 0.05) is 31.2 Å². The van der Waals surface area contributed by atoms with Crippen LogP contribution in [0, 0.1) is 13.8 Å². The Morgan fingerprint density at radius 3 is 2.41 bits per heavy atom. The average molecular weight is 655 g/mol. The van der Waals surface area contributed by atoms with Gasteiger partial charge in [-0.15, -0.1) is 0 Å². The zero-order valence-corrected chi connectivity index (χ0v) is 27.1. The number of thiazole rings is 1. The zero-order chi connectivity index (χ0) is 31.6. The van der Waals surface area contributed by atoms with Crippen LogP contribution in [0.4, 0.5) is 5.69 Å². The van der Waals surface area contributed by atoms with E-state index in [1.807, 2.05) is 67.6 Å². The van der Waals surface area contributed by atoms with Crippen molar-refractivity contribution in [2.45, 2.75) is 40.2 Å². The summed E-state index contributed by atoms with van der Waals surface area (Å²) in [5.74, 6) is 0.108. The molecule has 0 spiro atoms. The third-order valence-electron chi connectivity index (χ3n) is 7.49. The number of nitrogens with zero attached hydrogens (tertiary/aromatic N) is 2. The lowest BCUT2D eigenvalue weighted by molar-refractivity contribution is -0.669. The summed E-state index contributed by atoms with van der Waals surface area (Å²) in [5, 5.41) is 0.946. The maximum atomic E-state index is 11.6. The fraction of sp³-hybridized carbons (Fsp3) is 0.281. The van der Waals surface area contributed by atoms with Crippen LogP contribution in [0.1, 0.15) is 35.9 Å². The molecule has 4 aromatic rings. The Balaban J connectivity index is 1.50. The molecule has 0 saturated carbocycles. The highest BCUT2D eigenvalue weighted by molar-refractivity contribution is 7.86. The van der Waals surface area contributed by atoms with E-state index in [1.54, 1.807) is 16.2 Å². The van der Waals surface area contributed by atoms with Gasteiger partial charge in [0.05, 0.1) is 27.3 Å². The van der Waals surface area contributed by atoms with Gasteiger partial charge in [-0.1, -0.05) is 47.7 Å². The smallest absolute Gasteiger partial charge is 0.264 e. The second-order valence-electron chi connectivity index (χ2n) is 10.9. The minimum Gasteiger partial charge on any atom is -0.748 e. The Hall–Kier alpha value is -3.55. The maximum Gasteiger partial charge on any atom is 0.264 e. The van der Waals surface area contributed by atoms with Crippen molar-refractivity contribution in [2.75, 3.05) is 23.0 Å². The summed E-state index contributed by atoms with van der Waals surface area (Å²) in [6.07, 6.45) is 4.72. The van der Waals surface area contributed by atoms with Crippen molar-refractivity contribution in [1.82, 2.24) is 0 Å². The molecular formula is C32H34N2O7S3. The molecule has 1 aliphatic rings. The molecule has 0 atom stereocenters. The van der Waals surface area contributed by atoms with Crippen molar-refractivity contribution in [2.24, 2.45) is 0 Å². The zero-order valence-electron chi connectivity index (χ0n) is 24.7. The minimum absolute atomic E-state index is 0.0641. The van der Waals surface area contributed by atoms with Gasteiger partial charge in [0.2, 0.25) is 11.4 Å². The van der Waals surface area contributed by atoms with Gasteiger partial charge in [-0.25, -0.2) is 8.42 Å². The lowest BCUT2D eigenvalue weighted by Gasteiger charge is -2.20. The number of fused-ring (bicyclic) bond motifs is 2. The molecule has 3 aromatic carbocycles. The fourth-order valence-electron chi connectivity index (χ4n) is 5.13. The quantitative estimate of drug-likeness (QED) is 0.122. The number of anilines is 1. The molecule has 0 radical (unpaired) electrons. The highest BCUT2D eigenvalue weighted by atomic mass is 32.2. The first-order chi connectivity index (χ1) is 20.8. The van der Waals surface area contributed by atoms with E-state index in [2.05, 4.69) is 30.5 Å². The second-order valence-corrected chi connectivity index (χ2v) is 15.1. The third-order valence-corrected chi connectivity index (χ3v) is 10.1. The van der Waals surface area contributed by atoms with Crippen LogP contribution in [0.25, 0.3) is 27.4 Å². The van der Waals surface area contributed by atoms with Crippen LogP contribution in [0.5, 0.6) is 5.75 Å². The van der Waals surface area contributed by atoms with Gasteiger partial charge < -0.3 is 14.2 Å². The molecule has 9 nitrogen and oxygen atoms in total. The lowest BCUT2D eigenvalue weighted by atomic mass is 10.0. The van der Waals surface area contributed by atoms with Gasteiger partial charge in [0.15, 0.2) is 12.3 Å². The number of aryl methyl sites for hydroxylation is 3. The lowest BCUT2D eigenvalue weighted by Crippen LogP contribution is -2.35. The number of hydrogen-bond acceptors (Lipinski definition) is 8. The van der Waals surface area contributed by atoms with Crippen molar-refractivity contribution in [3.05, 3.63) is 94.3 Å². The Bertz CT molecular complexity index is 1980. The highest BCUT2D eigenvalue weighted by Crippen LogP contribution is 2.42. The van der Waals surface area contributed by atoms with Crippen LogP contribution < -0.4 is 14.2 Å². The minimum atomic E-state index is -4.47. The van der Waals surface area contributed by atoms with Crippen LogP contribution in [-0.4, -0.2) is 44.0 Å². The number of hydrogen-bond donors (Lipinski definition) is 1. The van der Waals surface area contributed by atoms with Crippen molar-refractivity contribution < 1.29 is 35.2 Å². The summed E-state index contributed by atoms with van der Waals surface area (Å²) >= 11 is 1.61. The number of ether oxygens (including phenoxy) is 1. The molecule has 0 unspecified atom stereocenters. The van der Waals surface area contributed by atoms with Gasteiger partial charge in [-0.3, -0.25) is 4.55 Å². The molecule has 0 aliphatic carbocycles. The van der Waals surface area contributed by atoms with E-state index in [0.29, 0.717) is 36.7 Å². The van der Waals surface area contributed by atoms with Crippen molar-refractivity contribution in [1.29, 1.82) is 0 Å². The Labute approximate surface area is 262 Å². The summed E-state index contributed by atoms with van der Waals surface area (Å²) in [6, 6.07) is 19.8. The first-order valence-corrected chi connectivity index (χ1v) is 18.1. The molecule has 1 aliphatic heterocycles. The van der Waals surface area contributed by atoms with E-state index in [9.17, 15) is 21.4 Å². The van der Waals surface area contributed by atoms with Gasteiger partial charge in [-0.05, 0) is 73.2 Å². The predicted molar refractivity (Wildman–Crippen MR) is 173 cm³/mol. The maximum absolute atomic E-state index is 11.6. The molecular weight excluding hydrogens is 621 g/mol. The fourth-order valence-corrected chi connectivity index (χ4v) is 7.38. The van der Waals surface area contributed by atoms with E-state index in [0.717, 1.165) is 37.5 Å². The molecule has 232 valence electrons. The number of allylic oxidation sites excluding steroid dienone is 2. The van der Waals surface area contributed by atoms with Gasteiger partial charge in [0.1, 0.15) is 4.70 Å². The van der Waals surface area contributed by atoms with Crippen molar-refractivity contribution in [3.8, 4) is 16.9 Å². The molecule has 5 rings (SSSR count). The molecule has 2 heterocycles. The summed E-state index contributed by atoms with van der Waals surface area (Å²) < 4.78 is 75.8. The monoisotopic (exact) mass is 654 g/mol. The number of aromatic nitrogens is 1. The predicted octanol–water partition coefficient (Wildman–Crippen LogP) is 5.83. The van der Waals surface area contributed by atoms with Crippen molar-refractivity contribution in [3.63, 3.8) is 0 Å². The van der Waals surface area contributed by atoms with E-state index in [4.69, 9.17) is 9.29 Å². The molecule has 0 saturated heterocycles. The molecule has 0 amide bonds. The SMILES string of the molecule is CC(/C=C1\Oc2ccc(-c3ccccc3)cc2N1CCS(=O)(=O)[O-])=C\c1sc2cc(C)c(C)cc2[n+]1CCCCS(=O)(=O)O. The van der Waals surface area contributed by atoms with E-state index < -0.39 is 26.0 Å². The molecule has 1 aromatic heterocycles. The number of rotatable bonds is 11. The molecule has 0 fully saturated rings. The molecule has 44 heavy (non-hydrogen) atoms. The van der Waals surface area contributed by atoms with Gasteiger partial charge >= 0.3 is 0 Å². The van der Waals surface area contributed by atoms with Crippen LogP contribution in [-0.2, 0) is 26.8 Å². The van der Waals surface area contributed by atoms with E-state index >= 15 is 0 Å². The summed E-state index contributed by atoms with van der Waals surface area (Å²) in [5.41, 5.74) is 6.79. The summed E-state index contributed by atoms with van der Waals surface area (Å²) in [7, 11) is -8.49. The first-order valence-electron chi connectivity index (χ1n) is 14.1. The highest BCUT2D eigenvalue weighted by Gasteiger charge is 2.28. The number of unbranched alkanes of at least 4 members (excludes halogenated alkanes) is 1. The average Bonchev–Trinajstić information content (AvgIpc) is 3.45. The normalized spacial score (nSPS) is 14.8. The Morgan fingerprint density at radius 2 is 1.70 bits per heavy atom. The summed E-state index contributed by atoms with van der Waals surface area (Å²) in [6.45, 7) is 6.53. The van der Waals surface area contributed by atoms with Crippen LogP contribution in [0.15, 0.2) is 78.2 Å². The van der Waals surface area contributed by atoms with Crippen molar-refractivity contribution >= 4 is 53.6 Å². The van der Waals surface area contributed by atoms with Crippen LogP contribution in [0.3, 0.4) is 0 Å². The van der Waals surface area contributed by atoms with Gasteiger partial charge in [0.25, 0.3) is 15.1 Å². The van der Waals surface area contributed by atoms with E-state index in [-0.39, 0.29) is 12.3 Å². The molecule has 0 bridgehead atoms. The second kappa shape index (κ2) is 12.8. The van der Waals surface area contributed by atoms with Gasteiger partial charge in [-0.2, -0.15) is 13.0 Å². The summed E-state index contributed by atoms with van der Waals surface area (Å²) in [4.78, 5) is 1.72. The van der Waals surface area contributed by atoms with Crippen LogP contribution in [0.2, 0.25) is 0 Å². The van der Waals surface area contributed by atoms with E-state index in [1.165, 1.54) is 5.56 Å². The molecule has 12 heteroatoms. The Morgan fingerprint density at radius 1 is 0.977 bits per heavy atom. The molecule has 1 N–H and O–H groups in total. The topological polar surface area (TPSA) is 128 Å². The Kier molecular flexibility index (Phi) is 9.28. The standard InChI is InChI=1S/C32H34N2O7S3/c1-22(18-32-34(13-7-8-15-43(35,36)37)28-19-23(2)24(3)20-30(28)42-32)17-31-33(14-16-44(38,39)40)27-21-26(11-12-29(27)41-31)25-9-5-4-6-10-25/h4-6,9-12,17-21H,7-8,13-16H2,1-3H3,(H-,35,36,37,38,39,40). The number of benzene rings is 3. The third kappa shape index (κ3) is 7.74. The first kappa shape index (κ1) is 31.9. The largest absolute Gasteiger partial charge is 0.748 e. The van der Waals surface area contributed by atoms with Crippen LogP contribution >= 0.6 is 11.3 Å².